The molecule has 5 N–H and O–H groups in total. The quantitative estimate of drug-likeness (QED) is 0.759. The third-order valence-electron chi connectivity index (χ3n) is 2.67. The van der Waals surface area contributed by atoms with Gasteiger partial charge in [0.2, 0.25) is 0 Å². The Labute approximate surface area is 119 Å². The lowest BCUT2D eigenvalue weighted by molar-refractivity contribution is 0.582. The standard InChI is InChI=1S/C12H14ClFN4S/c1-12(2,11-17-3-4-19-11)18-10-7(16)5-6(15)8(13)9(10)14/h3-5,18H,15-16H2,1-2H3. The number of anilines is 3. The number of aromatic nitrogens is 1. The Balaban J connectivity index is 2.42. The minimum atomic E-state index is -0.649. The molecule has 0 saturated carbocycles. The Morgan fingerprint density at radius 3 is 2.63 bits per heavy atom. The van der Waals surface area contributed by atoms with Crippen LogP contribution in [0, 0.1) is 5.82 Å². The van der Waals surface area contributed by atoms with Crippen LogP contribution in [0.15, 0.2) is 17.6 Å². The second kappa shape index (κ2) is 4.86. The van der Waals surface area contributed by atoms with Crippen molar-refractivity contribution in [3.05, 3.63) is 33.5 Å². The number of rotatable bonds is 3. The van der Waals surface area contributed by atoms with Gasteiger partial charge in [-0.2, -0.15) is 0 Å². The molecule has 102 valence electrons. The fourth-order valence-electron chi connectivity index (χ4n) is 1.69. The summed E-state index contributed by atoms with van der Waals surface area (Å²) in [5.41, 5.74) is 11.3. The number of thiazole rings is 1. The van der Waals surface area contributed by atoms with E-state index in [9.17, 15) is 4.39 Å². The smallest absolute Gasteiger partial charge is 0.169 e. The van der Waals surface area contributed by atoms with Gasteiger partial charge in [0.05, 0.1) is 22.6 Å². The average Bonchev–Trinajstić information content (AvgIpc) is 2.86. The zero-order chi connectivity index (χ0) is 14.2. The van der Waals surface area contributed by atoms with E-state index in [0.717, 1.165) is 5.01 Å². The largest absolute Gasteiger partial charge is 0.397 e. The molecule has 0 fully saturated rings. The minimum absolute atomic E-state index is 0.120. The summed E-state index contributed by atoms with van der Waals surface area (Å²) in [5.74, 6) is -0.649. The number of hydrogen-bond acceptors (Lipinski definition) is 5. The molecule has 0 saturated heterocycles. The first-order chi connectivity index (χ1) is 8.83. The number of halogens is 2. The van der Waals surface area contributed by atoms with Crippen molar-refractivity contribution < 1.29 is 4.39 Å². The molecule has 0 unspecified atom stereocenters. The molecule has 1 aromatic carbocycles. The van der Waals surface area contributed by atoms with Gasteiger partial charge in [0, 0.05) is 11.6 Å². The molecule has 2 rings (SSSR count). The summed E-state index contributed by atoms with van der Waals surface area (Å²) in [7, 11) is 0. The van der Waals surface area contributed by atoms with Crippen LogP contribution >= 0.6 is 22.9 Å². The summed E-state index contributed by atoms with van der Waals surface area (Å²) in [6.07, 6.45) is 1.69. The molecule has 0 aliphatic carbocycles. The van der Waals surface area contributed by atoms with Crippen LogP contribution in [-0.2, 0) is 5.54 Å². The Bertz CT molecular complexity index is 598. The van der Waals surface area contributed by atoms with Crippen LogP contribution in [-0.4, -0.2) is 4.98 Å². The molecule has 2 aromatic rings. The zero-order valence-electron chi connectivity index (χ0n) is 10.5. The van der Waals surface area contributed by atoms with E-state index >= 15 is 0 Å². The first-order valence-electron chi connectivity index (χ1n) is 5.54. The van der Waals surface area contributed by atoms with E-state index in [1.165, 1.54) is 17.4 Å². The number of benzene rings is 1. The summed E-state index contributed by atoms with van der Waals surface area (Å²) in [6.45, 7) is 3.77. The summed E-state index contributed by atoms with van der Waals surface area (Å²) in [6, 6.07) is 1.44. The fraction of sp³-hybridized carbons (Fsp3) is 0.250. The predicted octanol–water partition coefficient (Wildman–Crippen LogP) is 3.45. The molecule has 0 atom stereocenters. The molecule has 0 amide bonds. The van der Waals surface area contributed by atoms with Gasteiger partial charge < -0.3 is 16.8 Å². The monoisotopic (exact) mass is 300 g/mol. The second-order valence-corrected chi connectivity index (χ2v) is 5.92. The summed E-state index contributed by atoms with van der Waals surface area (Å²) in [4.78, 5) is 4.22. The maximum atomic E-state index is 14.1. The Morgan fingerprint density at radius 2 is 2.05 bits per heavy atom. The molecular formula is C12H14ClFN4S. The molecule has 0 aliphatic heterocycles. The van der Waals surface area contributed by atoms with E-state index in [1.807, 2.05) is 19.2 Å². The Hall–Kier alpha value is -1.53. The number of hydrogen-bond donors (Lipinski definition) is 3. The summed E-state index contributed by atoms with van der Waals surface area (Å²) < 4.78 is 14.1. The lowest BCUT2D eigenvalue weighted by Gasteiger charge is -2.26. The van der Waals surface area contributed by atoms with Gasteiger partial charge in [-0.1, -0.05) is 11.6 Å². The van der Waals surface area contributed by atoms with Gasteiger partial charge in [-0.05, 0) is 19.9 Å². The SMILES string of the molecule is CC(C)(Nc1c(N)cc(N)c(Cl)c1F)c1nccs1. The molecule has 0 radical (unpaired) electrons. The number of nitrogens with two attached hydrogens (primary N) is 2. The molecular weight excluding hydrogens is 287 g/mol. The van der Waals surface area contributed by atoms with Crippen LogP contribution in [0.2, 0.25) is 5.02 Å². The van der Waals surface area contributed by atoms with Gasteiger partial charge in [0.1, 0.15) is 10.0 Å². The van der Waals surface area contributed by atoms with E-state index < -0.39 is 11.4 Å². The normalized spacial score (nSPS) is 11.6. The topological polar surface area (TPSA) is 77.0 Å². The van der Waals surface area contributed by atoms with Gasteiger partial charge in [-0.25, -0.2) is 9.37 Å². The highest BCUT2D eigenvalue weighted by Gasteiger charge is 2.26. The van der Waals surface area contributed by atoms with E-state index in [4.69, 9.17) is 23.1 Å². The van der Waals surface area contributed by atoms with Crippen LogP contribution in [0.25, 0.3) is 0 Å². The molecule has 1 heterocycles. The van der Waals surface area contributed by atoms with Gasteiger partial charge in [-0.15, -0.1) is 11.3 Å². The molecule has 19 heavy (non-hydrogen) atoms. The van der Waals surface area contributed by atoms with Gasteiger partial charge in [-0.3, -0.25) is 0 Å². The maximum absolute atomic E-state index is 14.1. The molecule has 0 aliphatic rings. The van der Waals surface area contributed by atoms with Crippen molar-refractivity contribution in [2.24, 2.45) is 0 Å². The predicted molar refractivity (Wildman–Crippen MR) is 79.0 cm³/mol. The van der Waals surface area contributed by atoms with E-state index in [-0.39, 0.29) is 22.1 Å². The zero-order valence-corrected chi connectivity index (χ0v) is 12.1. The number of nitrogens with zero attached hydrogens (tertiary/aromatic N) is 1. The van der Waals surface area contributed by atoms with Crippen molar-refractivity contribution >= 4 is 40.0 Å². The average molecular weight is 301 g/mol. The molecule has 1 aromatic heterocycles. The first kappa shape index (κ1) is 13.9. The van der Waals surface area contributed by atoms with Crippen molar-refractivity contribution in [2.45, 2.75) is 19.4 Å². The van der Waals surface area contributed by atoms with Gasteiger partial charge >= 0.3 is 0 Å². The van der Waals surface area contributed by atoms with Gasteiger partial charge in [0.15, 0.2) is 5.82 Å². The van der Waals surface area contributed by atoms with Gasteiger partial charge in [0.25, 0.3) is 0 Å². The summed E-state index contributed by atoms with van der Waals surface area (Å²) >= 11 is 7.27. The lowest BCUT2D eigenvalue weighted by atomic mass is 10.1. The second-order valence-electron chi connectivity index (χ2n) is 4.65. The summed E-state index contributed by atoms with van der Waals surface area (Å²) in [5, 5.41) is 5.57. The van der Waals surface area contributed by atoms with Crippen LogP contribution in [0.3, 0.4) is 0 Å². The lowest BCUT2D eigenvalue weighted by Crippen LogP contribution is -2.29. The number of nitrogens with one attached hydrogen (secondary N) is 1. The van der Waals surface area contributed by atoms with Crippen LogP contribution in [0.4, 0.5) is 21.5 Å². The minimum Gasteiger partial charge on any atom is -0.397 e. The fourth-order valence-corrected chi connectivity index (χ4v) is 2.56. The van der Waals surface area contributed by atoms with Crippen molar-refractivity contribution in [1.29, 1.82) is 0 Å². The maximum Gasteiger partial charge on any atom is 0.169 e. The molecule has 7 heteroatoms. The Kier molecular flexibility index (Phi) is 3.56. The van der Waals surface area contributed by atoms with E-state index in [2.05, 4.69) is 10.3 Å². The van der Waals surface area contributed by atoms with Crippen LogP contribution < -0.4 is 16.8 Å². The van der Waals surface area contributed by atoms with Crippen molar-refractivity contribution in [3.63, 3.8) is 0 Å². The van der Waals surface area contributed by atoms with Crippen LogP contribution in [0.5, 0.6) is 0 Å². The van der Waals surface area contributed by atoms with Crippen molar-refractivity contribution in [2.75, 3.05) is 16.8 Å². The number of nitrogen functional groups attached to an aromatic ring is 2. The molecule has 0 spiro atoms. The Morgan fingerprint density at radius 1 is 1.37 bits per heavy atom. The van der Waals surface area contributed by atoms with E-state index in [1.54, 1.807) is 6.20 Å². The molecule has 0 bridgehead atoms. The highest BCUT2D eigenvalue weighted by Crippen LogP contribution is 2.37. The highest BCUT2D eigenvalue weighted by molar-refractivity contribution is 7.09. The highest BCUT2D eigenvalue weighted by atomic mass is 35.5. The molecule has 4 nitrogen and oxygen atoms in total. The third-order valence-corrected chi connectivity index (χ3v) is 4.15. The van der Waals surface area contributed by atoms with Crippen molar-refractivity contribution in [1.82, 2.24) is 4.98 Å². The van der Waals surface area contributed by atoms with Crippen LogP contribution in [0.1, 0.15) is 18.9 Å². The van der Waals surface area contributed by atoms with E-state index in [0.29, 0.717) is 0 Å². The third kappa shape index (κ3) is 2.59. The van der Waals surface area contributed by atoms with Crippen molar-refractivity contribution in [3.8, 4) is 0 Å². The first-order valence-corrected chi connectivity index (χ1v) is 6.80.